The Morgan fingerprint density at radius 2 is 2.12 bits per heavy atom. The van der Waals surface area contributed by atoms with Gasteiger partial charge in [0, 0.05) is 26.2 Å². The van der Waals surface area contributed by atoms with Crippen LogP contribution in [0.3, 0.4) is 0 Å². The van der Waals surface area contributed by atoms with Crippen molar-refractivity contribution in [3.05, 3.63) is 6.07 Å². The molecule has 1 fully saturated rings. The summed E-state index contributed by atoms with van der Waals surface area (Å²) < 4.78 is 5.83. The Labute approximate surface area is 101 Å². The first-order valence-corrected chi connectivity index (χ1v) is 5.85. The van der Waals surface area contributed by atoms with E-state index in [0.29, 0.717) is 11.7 Å². The van der Waals surface area contributed by atoms with E-state index in [1.54, 1.807) is 13.1 Å². The van der Waals surface area contributed by atoms with E-state index in [-0.39, 0.29) is 12.1 Å². The largest absolute Gasteiger partial charge is 0.474 e. The molecular formula is C11H19N5O. The molecule has 6 nitrogen and oxygen atoms in total. The van der Waals surface area contributed by atoms with Gasteiger partial charge >= 0.3 is 0 Å². The molecular weight excluding hydrogens is 218 g/mol. The molecule has 2 rings (SSSR count). The average Bonchev–Trinajstić information content (AvgIpc) is 2.31. The number of piperidine rings is 1. The predicted octanol–water partition coefficient (Wildman–Crippen LogP) is 0.573. The number of nitrogens with one attached hydrogen (secondary N) is 1. The van der Waals surface area contributed by atoms with Gasteiger partial charge in [0.05, 0.1) is 0 Å². The second kappa shape index (κ2) is 5.18. The van der Waals surface area contributed by atoms with Gasteiger partial charge in [-0.15, -0.1) is 0 Å². The van der Waals surface area contributed by atoms with Crippen LogP contribution in [0.1, 0.15) is 12.8 Å². The van der Waals surface area contributed by atoms with Crippen molar-refractivity contribution >= 4 is 11.8 Å². The molecule has 2 heterocycles. The molecule has 0 amide bonds. The van der Waals surface area contributed by atoms with Crippen molar-refractivity contribution in [2.24, 2.45) is 0 Å². The van der Waals surface area contributed by atoms with Crippen LogP contribution in [-0.2, 0) is 0 Å². The first-order valence-electron chi connectivity index (χ1n) is 5.85. The standard InChI is InChI=1S/C11H19N5O/c1-13-9-7-10(15-11(12)14-9)17-8-3-5-16(2)6-4-8/h7-8H,3-6H2,1-2H3,(H3,12,13,14,15). The zero-order valence-corrected chi connectivity index (χ0v) is 10.3. The van der Waals surface area contributed by atoms with Gasteiger partial charge in [-0.05, 0) is 19.9 Å². The van der Waals surface area contributed by atoms with Crippen molar-refractivity contribution in [2.75, 3.05) is 38.2 Å². The first kappa shape index (κ1) is 11.9. The van der Waals surface area contributed by atoms with Crippen molar-refractivity contribution in [3.63, 3.8) is 0 Å². The van der Waals surface area contributed by atoms with Gasteiger partial charge in [0.2, 0.25) is 11.8 Å². The molecule has 0 spiro atoms. The van der Waals surface area contributed by atoms with Crippen molar-refractivity contribution < 1.29 is 4.74 Å². The average molecular weight is 237 g/mol. The van der Waals surface area contributed by atoms with Gasteiger partial charge in [-0.2, -0.15) is 9.97 Å². The maximum Gasteiger partial charge on any atom is 0.225 e. The number of nitrogen functional groups attached to an aromatic ring is 1. The van der Waals surface area contributed by atoms with Gasteiger partial charge in [-0.25, -0.2) is 0 Å². The van der Waals surface area contributed by atoms with Crippen LogP contribution in [0.5, 0.6) is 5.88 Å². The number of hydrogen-bond donors (Lipinski definition) is 2. The Morgan fingerprint density at radius 1 is 1.41 bits per heavy atom. The van der Waals surface area contributed by atoms with Crippen LogP contribution in [0.2, 0.25) is 0 Å². The molecule has 0 radical (unpaired) electrons. The summed E-state index contributed by atoms with van der Waals surface area (Å²) >= 11 is 0. The minimum atomic E-state index is 0.227. The summed E-state index contributed by atoms with van der Waals surface area (Å²) in [5.74, 6) is 1.47. The summed E-state index contributed by atoms with van der Waals surface area (Å²) in [5.41, 5.74) is 5.61. The Balaban J connectivity index is 2.00. The highest BCUT2D eigenvalue weighted by Crippen LogP contribution is 2.19. The lowest BCUT2D eigenvalue weighted by molar-refractivity contribution is 0.110. The Morgan fingerprint density at radius 3 is 2.76 bits per heavy atom. The quantitative estimate of drug-likeness (QED) is 0.800. The summed E-state index contributed by atoms with van der Waals surface area (Å²) in [6.45, 7) is 2.12. The maximum absolute atomic E-state index is 5.83. The van der Waals surface area contributed by atoms with Gasteiger partial charge in [-0.3, -0.25) is 0 Å². The fourth-order valence-electron chi connectivity index (χ4n) is 1.90. The molecule has 0 unspecified atom stereocenters. The third kappa shape index (κ3) is 3.20. The van der Waals surface area contributed by atoms with E-state index >= 15 is 0 Å². The number of anilines is 2. The minimum Gasteiger partial charge on any atom is -0.474 e. The molecule has 6 heteroatoms. The molecule has 0 atom stereocenters. The van der Waals surface area contributed by atoms with Gasteiger partial charge in [0.15, 0.2) is 0 Å². The summed E-state index contributed by atoms with van der Waals surface area (Å²) in [6.07, 6.45) is 2.27. The molecule has 0 saturated carbocycles. The van der Waals surface area contributed by atoms with Crippen LogP contribution in [0.25, 0.3) is 0 Å². The number of ether oxygens (including phenoxy) is 1. The number of rotatable bonds is 3. The van der Waals surface area contributed by atoms with Crippen molar-refractivity contribution in [1.29, 1.82) is 0 Å². The van der Waals surface area contributed by atoms with E-state index in [4.69, 9.17) is 10.5 Å². The normalized spacial score (nSPS) is 18.0. The second-order valence-electron chi connectivity index (χ2n) is 4.32. The molecule has 1 aliphatic rings. The molecule has 1 aromatic rings. The van der Waals surface area contributed by atoms with E-state index in [9.17, 15) is 0 Å². The number of hydrogen-bond acceptors (Lipinski definition) is 6. The van der Waals surface area contributed by atoms with E-state index in [1.165, 1.54) is 0 Å². The van der Waals surface area contributed by atoms with E-state index in [2.05, 4.69) is 27.2 Å². The first-order chi connectivity index (χ1) is 8.17. The SMILES string of the molecule is CNc1cc(OC2CCN(C)CC2)nc(N)n1. The highest BCUT2D eigenvalue weighted by atomic mass is 16.5. The third-order valence-electron chi connectivity index (χ3n) is 2.93. The molecule has 0 aliphatic carbocycles. The van der Waals surface area contributed by atoms with Gasteiger partial charge in [0.1, 0.15) is 11.9 Å². The van der Waals surface area contributed by atoms with Crippen LogP contribution >= 0.6 is 0 Å². The molecule has 1 saturated heterocycles. The summed E-state index contributed by atoms with van der Waals surface area (Å²) in [7, 11) is 3.92. The molecule has 94 valence electrons. The molecule has 1 aliphatic heterocycles. The lowest BCUT2D eigenvalue weighted by Crippen LogP contribution is -2.35. The third-order valence-corrected chi connectivity index (χ3v) is 2.93. The zero-order valence-electron chi connectivity index (χ0n) is 10.3. The van der Waals surface area contributed by atoms with Crippen LogP contribution < -0.4 is 15.8 Å². The maximum atomic E-state index is 5.83. The van der Waals surface area contributed by atoms with Crippen LogP contribution in [0.4, 0.5) is 11.8 Å². The summed E-state index contributed by atoms with van der Waals surface area (Å²) in [5, 5.41) is 2.93. The number of nitrogens with two attached hydrogens (primary N) is 1. The fourth-order valence-corrected chi connectivity index (χ4v) is 1.90. The van der Waals surface area contributed by atoms with Gasteiger partial charge in [-0.1, -0.05) is 0 Å². The Bertz CT molecular complexity index is 376. The summed E-state index contributed by atoms with van der Waals surface area (Å²) in [4.78, 5) is 10.4. The van der Waals surface area contributed by atoms with Crippen molar-refractivity contribution in [1.82, 2.24) is 14.9 Å². The van der Waals surface area contributed by atoms with E-state index in [1.807, 2.05) is 0 Å². The zero-order chi connectivity index (χ0) is 12.3. The molecule has 1 aromatic heterocycles. The predicted molar refractivity (Wildman–Crippen MR) is 67.1 cm³/mol. The molecule has 0 bridgehead atoms. The van der Waals surface area contributed by atoms with E-state index in [0.717, 1.165) is 25.9 Å². The molecule has 0 aromatic carbocycles. The van der Waals surface area contributed by atoms with Crippen LogP contribution in [0, 0.1) is 0 Å². The topological polar surface area (TPSA) is 76.3 Å². The van der Waals surface area contributed by atoms with Gasteiger partial charge < -0.3 is 20.7 Å². The highest BCUT2D eigenvalue weighted by molar-refractivity contribution is 5.42. The fraction of sp³-hybridized carbons (Fsp3) is 0.636. The lowest BCUT2D eigenvalue weighted by Gasteiger charge is -2.28. The lowest BCUT2D eigenvalue weighted by atomic mass is 10.1. The second-order valence-corrected chi connectivity index (χ2v) is 4.32. The Hall–Kier alpha value is -1.56. The molecule has 17 heavy (non-hydrogen) atoms. The van der Waals surface area contributed by atoms with Crippen molar-refractivity contribution in [2.45, 2.75) is 18.9 Å². The number of aromatic nitrogens is 2. The highest BCUT2D eigenvalue weighted by Gasteiger charge is 2.18. The smallest absolute Gasteiger partial charge is 0.225 e. The minimum absolute atomic E-state index is 0.227. The van der Waals surface area contributed by atoms with Crippen LogP contribution in [-0.4, -0.2) is 48.2 Å². The monoisotopic (exact) mass is 237 g/mol. The number of likely N-dealkylation sites (tertiary alicyclic amines) is 1. The van der Waals surface area contributed by atoms with Gasteiger partial charge in [0.25, 0.3) is 0 Å². The van der Waals surface area contributed by atoms with E-state index < -0.39 is 0 Å². The van der Waals surface area contributed by atoms with Crippen LogP contribution in [0.15, 0.2) is 6.07 Å². The van der Waals surface area contributed by atoms with Crippen molar-refractivity contribution in [3.8, 4) is 5.88 Å². The molecule has 3 N–H and O–H groups in total. The Kier molecular flexibility index (Phi) is 3.63. The number of nitrogens with zero attached hydrogens (tertiary/aromatic N) is 3. The summed E-state index contributed by atoms with van der Waals surface area (Å²) in [6, 6.07) is 1.77.